The third-order valence-corrected chi connectivity index (χ3v) is 3.41. The number of hydrogen-bond acceptors (Lipinski definition) is 4. The van der Waals surface area contributed by atoms with Gasteiger partial charge in [-0.25, -0.2) is 0 Å². The Morgan fingerprint density at radius 1 is 1.47 bits per heavy atom. The molecule has 19 heavy (non-hydrogen) atoms. The number of nitrogens with one attached hydrogen (secondary N) is 1. The highest BCUT2D eigenvalue weighted by molar-refractivity contribution is 5.97. The Hall–Kier alpha value is -1.75. The molecule has 5 nitrogen and oxygen atoms in total. The molecule has 1 heterocycles. The van der Waals surface area contributed by atoms with Gasteiger partial charge in [-0.3, -0.25) is 4.79 Å². The van der Waals surface area contributed by atoms with Crippen LogP contribution in [0.3, 0.4) is 0 Å². The number of phenols is 2. The molecule has 1 aliphatic rings. The maximum Gasteiger partial charge on any atom is 0.257 e. The van der Waals surface area contributed by atoms with Gasteiger partial charge in [0.2, 0.25) is 0 Å². The molecule has 1 saturated heterocycles. The van der Waals surface area contributed by atoms with Crippen molar-refractivity contribution in [3.8, 4) is 11.5 Å². The van der Waals surface area contributed by atoms with Crippen LogP contribution >= 0.6 is 0 Å². The number of likely N-dealkylation sites (tertiary alicyclic amines) is 1. The fraction of sp³-hybridized carbons (Fsp3) is 0.500. The van der Waals surface area contributed by atoms with Crippen molar-refractivity contribution >= 4 is 5.91 Å². The summed E-state index contributed by atoms with van der Waals surface area (Å²) in [5.74, 6) is -0.328. The number of aromatic hydroxyl groups is 2. The second-order valence-corrected chi connectivity index (χ2v) is 4.85. The summed E-state index contributed by atoms with van der Waals surface area (Å²) in [7, 11) is 0. The molecule has 2 rings (SSSR count). The zero-order valence-corrected chi connectivity index (χ0v) is 11.1. The smallest absolute Gasteiger partial charge is 0.257 e. The summed E-state index contributed by atoms with van der Waals surface area (Å²) in [6.07, 6.45) is 2.01. The molecular weight excluding hydrogens is 244 g/mol. The number of hydrogen-bond donors (Lipinski definition) is 3. The maximum absolute atomic E-state index is 12.3. The van der Waals surface area contributed by atoms with E-state index >= 15 is 0 Å². The van der Waals surface area contributed by atoms with Gasteiger partial charge in [-0.1, -0.05) is 6.92 Å². The first kappa shape index (κ1) is 13.7. The Morgan fingerprint density at radius 2 is 2.26 bits per heavy atom. The lowest BCUT2D eigenvalue weighted by atomic mass is 10.0. The van der Waals surface area contributed by atoms with E-state index in [1.54, 1.807) is 4.90 Å². The van der Waals surface area contributed by atoms with Crippen LogP contribution in [0.15, 0.2) is 18.2 Å². The molecule has 1 fully saturated rings. The van der Waals surface area contributed by atoms with E-state index in [-0.39, 0.29) is 23.0 Å². The minimum absolute atomic E-state index is 0.0126. The first-order valence-electron chi connectivity index (χ1n) is 6.66. The van der Waals surface area contributed by atoms with Gasteiger partial charge in [0.1, 0.15) is 11.5 Å². The van der Waals surface area contributed by atoms with Crippen LogP contribution in [0.4, 0.5) is 0 Å². The lowest BCUT2D eigenvalue weighted by molar-refractivity contribution is 0.0692. The van der Waals surface area contributed by atoms with Crippen molar-refractivity contribution in [1.29, 1.82) is 0 Å². The zero-order chi connectivity index (χ0) is 13.8. The number of piperidine rings is 1. The van der Waals surface area contributed by atoms with Crippen molar-refractivity contribution in [2.75, 3.05) is 19.6 Å². The first-order chi connectivity index (χ1) is 9.11. The summed E-state index contributed by atoms with van der Waals surface area (Å²) >= 11 is 0. The molecule has 5 heteroatoms. The molecule has 1 atom stereocenters. The number of likely N-dealkylation sites (N-methyl/N-ethyl adjacent to an activating group) is 1. The fourth-order valence-electron chi connectivity index (χ4n) is 2.48. The fourth-order valence-corrected chi connectivity index (χ4v) is 2.48. The Balaban J connectivity index is 2.12. The molecule has 0 spiro atoms. The van der Waals surface area contributed by atoms with E-state index < -0.39 is 0 Å². The molecule has 104 valence electrons. The number of nitrogens with zero attached hydrogens (tertiary/aromatic N) is 1. The van der Waals surface area contributed by atoms with Crippen LogP contribution in [-0.2, 0) is 0 Å². The molecule has 1 amide bonds. The summed E-state index contributed by atoms with van der Waals surface area (Å²) in [6, 6.07) is 4.33. The number of carbonyl (C=O) groups is 1. The van der Waals surface area contributed by atoms with E-state index in [0.29, 0.717) is 19.1 Å². The van der Waals surface area contributed by atoms with Crippen molar-refractivity contribution in [2.45, 2.75) is 25.8 Å². The Kier molecular flexibility index (Phi) is 4.27. The van der Waals surface area contributed by atoms with Gasteiger partial charge in [-0.05, 0) is 37.6 Å². The van der Waals surface area contributed by atoms with Gasteiger partial charge in [-0.15, -0.1) is 0 Å². The Morgan fingerprint density at radius 3 is 3.00 bits per heavy atom. The molecule has 0 radical (unpaired) electrons. The van der Waals surface area contributed by atoms with Gasteiger partial charge in [0.25, 0.3) is 5.91 Å². The molecule has 0 aliphatic carbocycles. The summed E-state index contributed by atoms with van der Waals surface area (Å²) in [5.41, 5.74) is 0.164. The average Bonchev–Trinajstić information content (AvgIpc) is 2.41. The van der Waals surface area contributed by atoms with E-state index in [2.05, 4.69) is 5.32 Å². The van der Waals surface area contributed by atoms with Gasteiger partial charge in [0, 0.05) is 19.1 Å². The van der Waals surface area contributed by atoms with Gasteiger partial charge < -0.3 is 20.4 Å². The van der Waals surface area contributed by atoms with Crippen molar-refractivity contribution in [2.24, 2.45) is 0 Å². The number of benzene rings is 1. The van der Waals surface area contributed by atoms with Crippen molar-refractivity contribution < 1.29 is 15.0 Å². The zero-order valence-electron chi connectivity index (χ0n) is 11.1. The van der Waals surface area contributed by atoms with Crippen LogP contribution in [0.25, 0.3) is 0 Å². The monoisotopic (exact) mass is 264 g/mol. The summed E-state index contributed by atoms with van der Waals surface area (Å²) < 4.78 is 0. The highest BCUT2D eigenvalue weighted by Gasteiger charge is 2.25. The molecule has 3 N–H and O–H groups in total. The number of amides is 1. The minimum atomic E-state index is -0.226. The van der Waals surface area contributed by atoms with Gasteiger partial charge in [0.15, 0.2) is 0 Å². The maximum atomic E-state index is 12.3. The van der Waals surface area contributed by atoms with E-state index in [4.69, 9.17) is 0 Å². The van der Waals surface area contributed by atoms with Crippen LogP contribution in [0.5, 0.6) is 11.5 Å². The van der Waals surface area contributed by atoms with Crippen molar-refractivity contribution in [3.63, 3.8) is 0 Å². The summed E-state index contributed by atoms with van der Waals surface area (Å²) in [5, 5.41) is 22.5. The lowest BCUT2D eigenvalue weighted by Gasteiger charge is -2.33. The SMILES string of the molecule is CCNC1CCCN(C(=O)c2cc(O)ccc2O)C1. The molecule has 1 aromatic carbocycles. The standard InChI is InChI=1S/C14H20N2O3/c1-2-15-10-4-3-7-16(9-10)14(19)12-8-11(17)5-6-13(12)18/h5-6,8,10,15,17-18H,2-4,7,9H2,1H3. The molecule has 1 unspecified atom stereocenters. The second kappa shape index (κ2) is 5.93. The second-order valence-electron chi connectivity index (χ2n) is 4.85. The van der Waals surface area contributed by atoms with E-state index in [0.717, 1.165) is 19.4 Å². The van der Waals surface area contributed by atoms with E-state index in [1.165, 1.54) is 18.2 Å². The van der Waals surface area contributed by atoms with Crippen LogP contribution < -0.4 is 5.32 Å². The van der Waals surface area contributed by atoms with Crippen LogP contribution in [0, 0.1) is 0 Å². The highest BCUT2D eigenvalue weighted by atomic mass is 16.3. The number of phenolic OH excluding ortho intramolecular Hbond substituents is 2. The Labute approximate surface area is 112 Å². The van der Waals surface area contributed by atoms with Gasteiger partial charge >= 0.3 is 0 Å². The van der Waals surface area contributed by atoms with Crippen LogP contribution in [0.1, 0.15) is 30.1 Å². The average molecular weight is 264 g/mol. The predicted molar refractivity (Wildman–Crippen MR) is 72.4 cm³/mol. The molecular formula is C14H20N2O3. The molecule has 0 saturated carbocycles. The largest absolute Gasteiger partial charge is 0.508 e. The first-order valence-corrected chi connectivity index (χ1v) is 6.66. The summed E-state index contributed by atoms with van der Waals surface area (Å²) in [6.45, 7) is 4.25. The number of rotatable bonds is 3. The third kappa shape index (κ3) is 3.17. The number of carbonyl (C=O) groups excluding carboxylic acids is 1. The van der Waals surface area contributed by atoms with Crippen molar-refractivity contribution in [1.82, 2.24) is 10.2 Å². The van der Waals surface area contributed by atoms with Crippen LogP contribution in [-0.4, -0.2) is 46.7 Å². The quantitative estimate of drug-likeness (QED) is 0.720. The third-order valence-electron chi connectivity index (χ3n) is 3.41. The van der Waals surface area contributed by atoms with Gasteiger partial charge in [0.05, 0.1) is 5.56 Å². The highest BCUT2D eigenvalue weighted by Crippen LogP contribution is 2.24. The predicted octanol–water partition coefficient (Wildman–Crippen LogP) is 1.31. The van der Waals surface area contributed by atoms with E-state index in [1.807, 2.05) is 6.92 Å². The molecule has 0 bridgehead atoms. The molecule has 1 aromatic rings. The normalized spacial score (nSPS) is 19.4. The molecule has 0 aromatic heterocycles. The van der Waals surface area contributed by atoms with Gasteiger partial charge in [-0.2, -0.15) is 0 Å². The minimum Gasteiger partial charge on any atom is -0.508 e. The van der Waals surface area contributed by atoms with Crippen molar-refractivity contribution in [3.05, 3.63) is 23.8 Å². The Bertz CT molecular complexity index is 460. The molecule has 1 aliphatic heterocycles. The lowest BCUT2D eigenvalue weighted by Crippen LogP contribution is -2.47. The van der Waals surface area contributed by atoms with Crippen LogP contribution in [0.2, 0.25) is 0 Å². The topological polar surface area (TPSA) is 72.8 Å². The summed E-state index contributed by atoms with van der Waals surface area (Å²) in [4.78, 5) is 14.1. The van der Waals surface area contributed by atoms with E-state index in [9.17, 15) is 15.0 Å².